The first-order chi connectivity index (χ1) is 8.84. The molecule has 0 spiro atoms. The molecule has 1 rings (SSSR count). The molecule has 0 aromatic rings. The van der Waals surface area contributed by atoms with Crippen LogP contribution in [0, 0.1) is 5.41 Å². The second kappa shape index (κ2) is 7.01. The molecule has 1 atom stereocenters. The highest BCUT2D eigenvalue weighted by Gasteiger charge is 2.30. The van der Waals surface area contributed by atoms with Crippen LogP contribution in [0.4, 0.5) is 0 Å². The zero-order chi connectivity index (χ0) is 14.5. The van der Waals surface area contributed by atoms with E-state index in [1.807, 2.05) is 6.92 Å². The average Bonchev–Trinajstić information content (AvgIpc) is 2.35. The Hall–Kier alpha value is -0.940. The van der Waals surface area contributed by atoms with Crippen LogP contribution in [0.3, 0.4) is 0 Å². The molecule has 1 unspecified atom stereocenters. The third-order valence-electron chi connectivity index (χ3n) is 3.08. The van der Waals surface area contributed by atoms with E-state index in [2.05, 4.69) is 5.32 Å². The van der Waals surface area contributed by atoms with Crippen molar-refractivity contribution >= 4 is 11.9 Å². The zero-order valence-corrected chi connectivity index (χ0v) is 12.3. The molecular formula is C14H25NO4. The molecule has 1 N–H and O–H groups in total. The maximum absolute atomic E-state index is 11.9. The molecule has 5 heteroatoms. The highest BCUT2D eigenvalue weighted by Crippen LogP contribution is 2.18. The van der Waals surface area contributed by atoms with Crippen LogP contribution < -0.4 is 5.32 Å². The number of ether oxygens (including phenoxy) is 2. The smallest absolute Gasteiger partial charge is 0.342 e. The van der Waals surface area contributed by atoms with Crippen molar-refractivity contribution in [3.63, 3.8) is 0 Å². The first-order valence-electron chi connectivity index (χ1n) is 6.97. The molecule has 1 heterocycles. The number of piperidine rings is 1. The molecule has 19 heavy (non-hydrogen) atoms. The van der Waals surface area contributed by atoms with Gasteiger partial charge in [0.05, 0.1) is 11.5 Å². The fourth-order valence-corrected chi connectivity index (χ4v) is 1.79. The maximum Gasteiger partial charge on any atom is 0.342 e. The van der Waals surface area contributed by atoms with Gasteiger partial charge in [-0.2, -0.15) is 0 Å². The third-order valence-corrected chi connectivity index (χ3v) is 3.08. The van der Waals surface area contributed by atoms with Crippen molar-refractivity contribution in [2.45, 2.75) is 59.2 Å². The lowest BCUT2D eigenvalue weighted by atomic mass is 9.97. The predicted molar refractivity (Wildman–Crippen MR) is 71.6 cm³/mol. The van der Waals surface area contributed by atoms with Gasteiger partial charge < -0.3 is 14.8 Å². The molecule has 0 saturated carbocycles. The molecule has 0 radical (unpaired) electrons. The van der Waals surface area contributed by atoms with Crippen molar-refractivity contribution in [1.29, 1.82) is 0 Å². The minimum Gasteiger partial charge on any atom is -0.391 e. The summed E-state index contributed by atoms with van der Waals surface area (Å²) in [7, 11) is 0. The van der Waals surface area contributed by atoms with Crippen molar-refractivity contribution in [3.8, 4) is 0 Å². The van der Waals surface area contributed by atoms with Gasteiger partial charge in [0, 0.05) is 0 Å². The predicted octanol–water partition coefficient (Wildman–Crippen LogP) is 1.65. The average molecular weight is 271 g/mol. The van der Waals surface area contributed by atoms with Gasteiger partial charge in [-0.05, 0) is 53.1 Å². The summed E-state index contributed by atoms with van der Waals surface area (Å²) in [4.78, 5) is 23.6. The molecule has 1 aliphatic heterocycles. The third kappa shape index (κ3) is 5.28. The normalized spacial score (nSPS) is 18.9. The van der Waals surface area contributed by atoms with Crippen LogP contribution in [0.5, 0.6) is 0 Å². The van der Waals surface area contributed by atoms with Crippen LogP contribution in [0.15, 0.2) is 0 Å². The minimum atomic E-state index is -0.678. The van der Waals surface area contributed by atoms with Crippen molar-refractivity contribution < 1.29 is 19.1 Å². The van der Waals surface area contributed by atoms with Gasteiger partial charge in [0.15, 0.2) is 6.10 Å². The SMILES string of the molecule is CCC(OC1CCNCC1)C(=O)OC(=O)C(C)(C)C. The summed E-state index contributed by atoms with van der Waals surface area (Å²) in [5.41, 5.74) is -0.678. The van der Waals surface area contributed by atoms with Crippen molar-refractivity contribution in [1.82, 2.24) is 5.32 Å². The molecule has 1 saturated heterocycles. The Morgan fingerprint density at radius 3 is 2.32 bits per heavy atom. The standard InChI is InChI=1S/C14H25NO4/c1-5-11(18-10-6-8-15-9-7-10)12(16)19-13(17)14(2,3)4/h10-11,15H,5-9H2,1-4H3. The number of nitrogens with one attached hydrogen (secondary N) is 1. The van der Waals surface area contributed by atoms with Gasteiger partial charge in [0.1, 0.15) is 0 Å². The number of hydrogen-bond acceptors (Lipinski definition) is 5. The fourth-order valence-electron chi connectivity index (χ4n) is 1.79. The largest absolute Gasteiger partial charge is 0.391 e. The van der Waals surface area contributed by atoms with Crippen LogP contribution >= 0.6 is 0 Å². The Kier molecular flexibility index (Phi) is 5.94. The Labute approximate surface area is 115 Å². The summed E-state index contributed by atoms with van der Waals surface area (Å²) in [5, 5.41) is 3.24. The lowest BCUT2D eigenvalue weighted by molar-refractivity contribution is -0.176. The topological polar surface area (TPSA) is 64.6 Å². The number of carbonyl (C=O) groups is 2. The van der Waals surface area contributed by atoms with Gasteiger partial charge in [-0.15, -0.1) is 0 Å². The molecule has 0 aromatic carbocycles. The van der Waals surface area contributed by atoms with E-state index in [0.29, 0.717) is 6.42 Å². The van der Waals surface area contributed by atoms with Crippen LogP contribution in [-0.2, 0) is 19.1 Å². The van der Waals surface area contributed by atoms with E-state index in [1.165, 1.54) is 0 Å². The van der Waals surface area contributed by atoms with Crippen LogP contribution in [0.25, 0.3) is 0 Å². The van der Waals surface area contributed by atoms with Crippen LogP contribution in [0.1, 0.15) is 47.0 Å². The summed E-state index contributed by atoms with van der Waals surface area (Å²) >= 11 is 0. The highest BCUT2D eigenvalue weighted by molar-refractivity contribution is 5.90. The fraction of sp³-hybridized carbons (Fsp3) is 0.857. The van der Waals surface area contributed by atoms with Gasteiger partial charge in [-0.1, -0.05) is 6.92 Å². The Morgan fingerprint density at radius 1 is 1.26 bits per heavy atom. The van der Waals surface area contributed by atoms with E-state index in [0.717, 1.165) is 25.9 Å². The first kappa shape index (κ1) is 16.1. The molecule has 0 amide bonds. The number of hydrogen-bond donors (Lipinski definition) is 1. The van der Waals surface area contributed by atoms with Crippen molar-refractivity contribution in [2.24, 2.45) is 5.41 Å². The van der Waals surface area contributed by atoms with Crippen molar-refractivity contribution in [2.75, 3.05) is 13.1 Å². The summed E-state index contributed by atoms with van der Waals surface area (Å²) in [6.07, 6.45) is 1.71. The Morgan fingerprint density at radius 2 is 1.84 bits per heavy atom. The highest BCUT2D eigenvalue weighted by atomic mass is 16.6. The summed E-state index contributed by atoms with van der Waals surface area (Å²) in [6.45, 7) is 8.81. The van der Waals surface area contributed by atoms with E-state index >= 15 is 0 Å². The monoisotopic (exact) mass is 271 g/mol. The molecule has 0 aliphatic carbocycles. The maximum atomic E-state index is 11.9. The molecule has 0 aromatic heterocycles. The van der Waals surface area contributed by atoms with Gasteiger partial charge in [-0.25, -0.2) is 4.79 Å². The summed E-state index contributed by atoms with van der Waals surface area (Å²) in [6, 6.07) is 0. The summed E-state index contributed by atoms with van der Waals surface area (Å²) in [5.74, 6) is -1.08. The lowest BCUT2D eigenvalue weighted by Crippen LogP contribution is -2.39. The molecule has 0 bridgehead atoms. The summed E-state index contributed by atoms with van der Waals surface area (Å²) < 4.78 is 10.6. The van der Waals surface area contributed by atoms with E-state index in [4.69, 9.17) is 9.47 Å². The van der Waals surface area contributed by atoms with Crippen LogP contribution in [0.2, 0.25) is 0 Å². The molecular weight excluding hydrogens is 246 g/mol. The van der Waals surface area contributed by atoms with Gasteiger partial charge >= 0.3 is 11.9 Å². The molecule has 110 valence electrons. The molecule has 1 aliphatic rings. The first-order valence-corrected chi connectivity index (χ1v) is 6.97. The second-order valence-electron chi connectivity index (χ2n) is 5.94. The number of esters is 2. The number of rotatable bonds is 4. The van der Waals surface area contributed by atoms with E-state index < -0.39 is 23.5 Å². The van der Waals surface area contributed by atoms with Crippen molar-refractivity contribution in [3.05, 3.63) is 0 Å². The van der Waals surface area contributed by atoms with Crippen LogP contribution in [-0.4, -0.2) is 37.2 Å². The molecule has 5 nitrogen and oxygen atoms in total. The van der Waals surface area contributed by atoms with E-state index in [1.54, 1.807) is 20.8 Å². The van der Waals surface area contributed by atoms with Gasteiger partial charge in [0.25, 0.3) is 0 Å². The number of carbonyl (C=O) groups excluding carboxylic acids is 2. The quantitative estimate of drug-likeness (QED) is 0.622. The van der Waals surface area contributed by atoms with E-state index in [9.17, 15) is 9.59 Å². The van der Waals surface area contributed by atoms with Gasteiger partial charge in [-0.3, -0.25) is 4.79 Å². The van der Waals surface area contributed by atoms with Gasteiger partial charge in [0.2, 0.25) is 0 Å². The minimum absolute atomic E-state index is 0.0727. The Balaban J connectivity index is 2.49. The second-order valence-corrected chi connectivity index (χ2v) is 5.94. The lowest BCUT2D eigenvalue weighted by Gasteiger charge is -2.27. The van der Waals surface area contributed by atoms with E-state index in [-0.39, 0.29) is 6.10 Å². The zero-order valence-electron chi connectivity index (χ0n) is 12.3. The molecule has 1 fully saturated rings. The Bertz CT molecular complexity index is 316.